The van der Waals surface area contributed by atoms with Crippen molar-refractivity contribution in [2.24, 2.45) is 17.3 Å². The fourth-order valence-electron chi connectivity index (χ4n) is 1.75. The molecular formula is C9H18BaO4. The zero-order valence-electron chi connectivity index (χ0n) is 8.37. The summed E-state index contributed by atoms with van der Waals surface area (Å²) in [5.41, 5.74) is -1.67. The van der Waals surface area contributed by atoms with Crippen molar-refractivity contribution >= 4 is 60.8 Å². The molecule has 0 spiro atoms. The first kappa shape index (κ1) is 16.9. The molecule has 0 aromatic rings. The Morgan fingerprint density at radius 2 is 1.14 bits per heavy atom. The van der Waals surface area contributed by atoms with E-state index in [1.54, 1.807) is 27.7 Å². The van der Waals surface area contributed by atoms with Gasteiger partial charge in [-0.3, -0.25) is 9.59 Å². The number of carboxylic acids is 2. The molecule has 0 aliphatic heterocycles. The second-order valence-electron chi connectivity index (χ2n) is 3.79. The van der Waals surface area contributed by atoms with Crippen LogP contribution in [0.25, 0.3) is 0 Å². The van der Waals surface area contributed by atoms with E-state index >= 15 is 0 Å². The third kappa shape index (κ3) is 2.76. The summed E-state index contributed by atoms with van der Waals surface area (Å²) in [5.74, 6) is -3.38. The van der Waals surface area contributed by atoms with Crippen molar-refractivity contribution < 1.29 is 19.8 Å². The first-order valence-electron chi connectivity index (χ1n) is 4.24. The molecule has 0 fully saturated rings. The molecule has 0 bridgehead atoms. The molecule has 14 heavy (non-hydrogen) atoms. The molecule has 0 aromatic heterocycles. The monoisotopic (exact) mass is 328 g/mol. The van der Waals surface area contributed by atoms with Crippen molar-refractivity contribution in [1.29, 1.82) is 0 Å². The molecule has 0 aliphatic carbocycles. The standard InChI is InChI=1S/C9H16O4.Ba.2H/c1-5(2)9(6(3)4,7(10)11)8(12)13;;;/h5-6H,1-4H3,(H,10,11)(H,12,13);;;. The van der Waals surface area contributed by atoms with Crippen LogP contribution in [-0.2, 0) is 9.59 Å². The number of hydrogen-bond donors (Lipinski definition) is 2. The third-order valence-corrected chi connectivity index (χ3v) is 2.53. The summed E-state index contributed by atoms with van der Waals surface area (Å²) in [4.78, 5) is 21.9. The Balaban J connectivity index is 0. The topological polar surface area (TPSA) is 74.6 Å². The number of carbonyl (C=O) groups is 2. The van der Waals surface area contributed by atoms with Crippen LogP contribution < -0.4 is 0 Å². The zero-order valence-corrected chi connectivity index (χ0v) is 8.37. The van der Waals surface area contributed by atoms with E-state index in [9.17, 15) is 9.59 Å². The van der Waals surface area contributed by atoms with Gasteiger partial charge in [0.2, 0.25) is 0 Å². The molecule has 0 aliphatic rings. The van der Waals surface area contributed by atoms with Crippen molar-refractivity contribution in [3.63, 3.8) is 0 Å². The second kappa shape index (κ2) is 6.17. The Bertz CT molecular complexity index is 199. The van der Waals surface area contributed by atoms with Gasteiger partial charge in [-0.05, 0) is 11.8 Å². The molecule has 2 N–H and O–H groups in total. The molecule has 0 unspecified atom stereocenters. The number of aliphatic carboxylic acids is 2. The van der Waals surface area contributed by atoms with Gasteiger partial charge in [0.05, 0.1) is 0 Å². The fraction of sp³-hybridized carbons (Fsp3) is 0.778. The normalized spacial score (nSPS) is 11.3. The SMILES string of the molecule is CC(C)C(C(=O)O)(C(=O)O)C(C)C.[BaH2]. The van der Waals surface area contributed by atoms with Crippen molar-refractivity contribution in [2.75, 3.05) is 0 Å². The Kier molecular flexibility index (Phi) is 7.46. The summed E-state index contributed by atoms with van der Waals surface area (Å²) in [6.45, 7) is 6.45. The first-order chi connectivity index (χ1) is 5.77. The Morgan fingerprint density at radius 1 is 0.929 bits per heavy atom. The number of hydrogen-bond acceptors (Lipinski definition) is 2. The van der Waals surface area contributed by atoms with Crippen LogP contribution in [-0.4, -0.2) is 71.0 Å². The van der Waals surface area contributed by atoms with Gasteiger partial charge in [0, 0.05) is 0 Å². The second-order valence-corrected chi connectivity index (χ2v) is 3.79. The first-order valence-corrected chi connectivity index (χ1v) is 4.24. The van der Waals surface area contributed by atoms with Gasteiger partial charge >= 0.3 is 60.8 Å². The van der Waals surface area contributed by atoms with Crippen LogP contribution in [0.4, 0.5) is 0 Å². The predicted molar refractivity (Wildman–Crippen MR) is 55.9 cm³/mol. The maximum absolute atomic E-state index is 11.0. The quantitative estimate of drug-likeness (QED) is 0.584. The summed E-state index contributed by atoms with van der Waals surface area (Å²) < 4.78 is 0. The zero-order chi connectivity index (χ0) is 10.8. The van der Waals surface area contributed by atoms with E-state index < -0.39 is 29.2 Å². The molecule has 80 valence electrons. The molecule has 0 saturated carbocycles. The van der Waals surface area contributed by atoms with E-state index in [0.29, 0.717) is 0 Å². The summed E-state index contributed by atoms with van der Waals surface area (Å²) in [6.07, 6.45) is 0. The van der Waals surface area contributed by atoms with Crippen LogP contribution in [0.1, 0.15) is 27.7 Å². The summed E-state index contributed by atoms with van der Waals surface area (Å²) in [5, 5.41) is 17.9. The maximum atomic E-state index is 11.0. The van der Waals surface area contributed by atoms with E-state index in [4.69, 9.17) is 10.2 Å². The molecule has 0 aromatic carbocycles. The van der Waals surface area contributed by atoms with Crippen molar-refractivity contribution in [1.82, 2.24) is 0 Å². The minimum absolute atomic E-state index is 0. The van der Waals surface area contributed by atoms with Crippen molar-refractivity contribution in [2.45, 2.75) is 27.7 Å². The Hall–Kier alpha value is 0.511. The summed E-state index contributed by atoms with van der Waals surface area (Å²) in [7, 11) is 0. The van der Waals surface area contributed by atoms with E-state index in [0.717, 1.165) is 0 Å². The van der Waals surface area contributed by atoms with Gasteiger partial charge in [-0.25, -0.2) is 0 Å². The Labute approximate surface area is 124 Å². The molecule has 4 nitrogen and oxygen atoms in total. The molecule has 0 atom stereocenters. The Morgan fingerprint density at radius 3 is 1.14 bits per heavy atom. The molecule has 0 heterocycles. The number of carboxylic acid groups (broad SMARTS) is 2. The fourth-order valence-corrected chi connectivity index (χ4v) is 1.75. The molecule has 0 amide bonds. The van der Waals surface area contributed by atoms with Crippen LogP contribution in [0.5, 0.6) is 0 Å². The molecule has 0 saturated heterocycles. The third-order valence-electron chi connectivity index (χ3n) is 2.53. The van der Waals surface area contributed by atoms with E-state index in [1.807, 2.05) is 0 Å². The van der Waals surface area contributed by atoms with Crippen LogP contribution in [0.3, 0.4) is 0 Å². The van der Waals surface area contributed by atoms with Gasteiger partial charge in [-0.1, -0.05) is 27.7 Å². The molecule has 0 radical (unpaired) electrons. The van der Waals surface area contributed by atoms with Crippen LogP contribution in [0, 0.1) is 17.3 Å². The average molecular weight is 328 g/mol. The van der Waals surface area contributed by atoms with Crippen LogP contribution in [0.2, 0.25) is 0 Å². The molecule has 5 heteroatoms. The van der Waals surface area contributed by atoms with Gasteiger partial charge in [0.1, 0.15) is 0 Å². The van der Waals surface area contributed by atoms with E-state index in [-0.39, 0.29) is 48.9 Å². The van der Waals surface area contributed by atoms with Gasteiger partial charge in [-0.2, -0.15) is 0 Å². The molecule has 0 rings (SSSR count). The molecular weight excluding hydrogens is 309 g/mol. The average Bonchev–Trinajstić information content (AvgIpc) is 1.82. The van der Waals surface area contributed by atoms with Gasteiger partial charge in [-0.15, -0.1) is 0 Å². The minimum atomic E-state index is -1.67. The van der Waals surface area contributed by atoms with Crippen LogP contribution >= 0.6 is 0 Å². The van der Waals surface area contributed by atoms with Gasteiger partial charge < -0.3 is 10.2 Å². The van der Waals surface area contributed by atoms with Gasteiger partial charge in [0.25, 0.3) is 0 Å². The van der Waals surface area contributed by atoms with Crippen molar-refractivity contribution in [3.8, 4) is 0 Å². The predicted octanol–water partition coefficient (Wildman–Crippen LogP) is 0.538. The van der Waals surface area contributed by atoms with Crippen molar-refractivity contribution in [3.05, 3.63) is 0 Å². The van der Waals surface area contributed by atoms with Gasteiger partial charge in [0.15, 0.2) is 5.41 Å². The van der Waals surface area contributed by atoms with Crippen LogP contribution in [0.15, 0.2) is 0 Å². The number of rotatable bonds is 4. The summed E-state index contributed by atoms with van der Waals surface area (Å²) in [6, 6.07) is 0. The summed E-state index contributed by atoms with van der Waals surface area (Å²) >= 11 is 0. The van der Waals surface area contributed by atoms with E-state index in [2.05, 4.69) is 0 Å². The van der Waals surface area contributed by atoms with E-state index in [1.165, 1.54) is 0 Å².